The van der Waals surface area contributed by atoms with Crippen LogP contribution in [0.3, 0.4) is 0 Å². The van der Waals surface area contributed by atoms with Crippen LogP contribution in [0.1, 0.15) is 37.8 Å². The zero-order valence-electron chi connectivity index (χ0n) is 18.6. The van der Waals surface area contributed by atoms with Crippen LogP contribution in [0.4, 0.5) is 18.9 Å². The number of hydrogen-bond donors (Lipinski definition) is 1. The monoisotopic (exact) mass is 472 g/mol. The molecule has 176 valence electrons. The standard InChI is InChI=1S/C22H19F3N6O3/c1-11-5-6-13(7-12(11)2)14-8-17(22(23,24)25)31-18(27-14)9-15(29-31)20(32)28-16-10-26-30(3)19(16)21(33)34-4/h5-10H,1-4H3,(H,28,32). The zero-order valence-corrected chi connectivity index (χ0v) is 18.6. The molecule has 1 aromatic carbocycles. The van der Waals surface area contributed by atoms with Crippen LogP contribution in [0, 0.1) is 13.8 Å². The van der Waals surface area contributed by atoms with E-state index in [2.05, 4.69) is 25.2 Å². The largest absolute Gasteiger partial charge is 0.464 e. The van der Waals surface area contributed by atoms with Crippen molar-refractivity contribution < 1.29 is 27.5 Å². The number of nitrogens with one attached hydrogen (secondary N) is 1. The van der Waals surface area contributed by atoms with E-state index in [1.54, 1.807) is 18.2 Å². The maximum Gasteiger partial charge on any atom is 0.433 e. The minimum Gasteiger partial charge on any atom is -0.464 e. The molecular weight excluding hydrogens is 453 g/mol. The molecule has 0 fully saturated rings. The average Bonchev–Trinajstić information content (AvgIpc) is 3.37. The number of anilines is 1. The molecule has 34 heavy (non-hydrogen) atoms. The van der Waals surface area contributed by atoms with Crippen molar-refractivity contribution in [3.05, 3.63) is 64.7 Å². The Bertz CT molecular complexity index is 1440. The number of aryl methyl sites for hydroxylation is 3. The Labute approximate surface area is 191 Å². The number of amides is 1. The molecule has 0 spiro atoms. The summed E-state index contributed by atoms with van der Waals surface area (Å²) < 4.78 is 48.0. The van der Waals surface area contributed by atoms with Gasteiger partial charge in [0.15, 0.2) is 22.7 Å². The number of aromatic nitrogens is 5. The molecule has 3 aromatic heterocycles. The van der Waals surface area contributed by atoms with Gasteiger partial charge >= 0.3 is 12.1 Å². The van der Waals surface area contributed by atoms with Gasteiger partial charge in [-0.1, -0.05) is 12.1 Å². The van der Waals surface area contributed by atoms with Crippen LogP contribution in [-0.4, -0.2) is 43.4 Å². The minimum atomic E-state index is -4.75. The summed E-state index contributed by atoms with van der Waals surface area (Å²) in [5.41, 5.74) is 0.910. The summed E-state index contributed by atoms with van der Waals surface area (Å²) in [7, 11) is 2.64. The Kier molecular flexibility index (Phi) is 5.59. The highest BCUT2D eigenvalue weighted by atomic mass is 19.4. The highest BCUT2D eigenvalue weighted by Crippen LogP contribution is 2.33. The lowest BCUT2D eigenvalue weighted by Crippen LogP contribution is -2.17. The minimum absolute atomic E-state index is 0.0243. The molecule has 0 radical (unpaired) electrons. The number of fused-ring (bicyclic) bond motifs is 1. The van der Waals surface area contributed by atoms with Crippen molar-refractivity contribution in [2.45, 2.75) is 20.0 Å². The van der Waals surface area contributed by atoms with E-state index < -0.39 is 23.7 Å². The predicted octanol–water partition coefficient (Wildman–Crippen LogP) is 3.80. The topological polar surface area (TPSA) is 103 Å². The van der Waals surface area contributed by atoms with Gasteiger partial charge in [-0.15, -0.1) is 0 Å². The van der Waals surface area contributed by atoms with Crippen LogP contribution in [-0.2, 0) is 18.0 Å². The lowest BCUT2D eigenvalue weighted by molar-refractivity contribution is -0.142. The van der Waals surface area contributed by atoms with Crippen molar-refractivity contribution >= 4 is 23.2 Å². The van der Waals surface area contributed by atoms with Crippen molar-refractivity contribution in [1.82, 2.24) is 24.4 Å². The number of nitrogens with zero attached hydrogens (tertiary/aromatic N) is 5. The number of carbonyl (C=O) groups is 2. The van der Waals surface area contributed by atoms with Crippen molar-refractivity contribution in [3.8, 4) is 11.3 Å². The van der Waals surface area contributed by atoms with Gasteiger partial charge in [0, 0.05) is 18.7 Å². The molecule has 3 heterocycles. The van der Waals surface area contributed by atoms with Crippen LogP contribution >= 0.6 is 0 Å². The molecule has 0 aliphatic carbocycles. The van der Waals surface area contributed by atoms with Crippen molar-refractivity contribution in [2.75, 3.05) is 12.4 Å². The van der Waals surface area contributed by atoms with Crippen molar-refractivity contribution in [3.63, 3.8) is 0 Å². The number of rotatable bonds is 4. The Morgan fingerprint density at radius 2 is 1.82 bits per heavy atom. The van der Waals surface area contributed by atoms with Gasteiger partial charge in [0.25, 0.3) is 5.91 Å². The smallest absolute Gasteiger partial charge is 0.433 e. The molecular formula is C22H19F3N6O3. The second-order valence-corrected chi connectivity index (χ2v) is 7.60. The second kappa shape index (κ2) is 8.28. The maximum absolute atomic E-state index is 13.8. The van der Waals surface area contributed by atoms with Crippen molar-refractivity contribution in [2.24, 2.45) is 7.05 Å². The molecule has 12 heteroatoms. The van der Waals surface area contributed by atoms with E-state index in [1.165, 1.54) is 25.0 Å². The second-order valence-electron chi connectivity index (χ2n) is 7.60. The van der Waals surface area contributed by atoms with Crippen molar-refractivity contribution in [1.29, 1.82) is 0 Å². The van der Waals surface area contributed by atoms with E-state index in [0.717, 1.165) is 23.3 Å². The normalized spacial score (nSPS) is 11.6. The summed E-state index contributed by atoms with van der Waals surface area (Å²) in [5, 5.41) is 10.2. The first-order valence-electron chi connectivity index (χ1n) is 9.97. The van der Waals surface area contributed by atoms with Gasteiger partial charge in [-0.3, -0.25) is 9.48 Å². The molecule has 4 rings (SSSR count). The number of carbonyl (C=O) groups excluding carboxylic acids is 2. The molecule has 0 aliphatic heterocycles. The van der Waals surface area contributed by atoms with Gasteiger partial charge in [0.1, 0.15) is 0 Å². The molecule has 0 aliphatic rings. The summed E-state index contributed by atoms with van der Waals surface area (Å²) in [6.45, 7) is 3.75. The quantitative estimate of drug-likeness (QED) is 0.453. The van der Waals surface area contributed by atoms with Gasteiger partial charge in [0.2, 0.25) is 0 Å². The van der Waals surface area contributed by atoms with E-state index in [9.17, 15) is 22.8 Å². The van der Waals surface area contributed by atoms with Crippen LogP contribution < -0.4 is 5.32 Å². The highest BCUT2D eigenvalue weighted by Gasteiger charge is 2.36. The summed E-state index contributed by atoms with van der Waals surface area (Å²) in [4.78, 5) is 29.0. The van der Waals surface area contributed by atoms with E-state index >= 15 is 0 Å². The average molecular weight is 472 g/mol. The molecule has 4 aromatic rings. The number of alkyl halides is 3. The fourth-order valence-corrected chi connectivity index (χ4v) is 3.39. The lowest BCUT2D eigenvalue weighted by atomic mass is 10.0. The predicted molar refractivity (Wildman–Crippen MR) is 115 cm³/mol. The summed E-state index contributed by atoms with van der Waals surface area (Å²) in [5.74, 6) is -1.59. The number of methoxy groups -OCH3 is 1. The van der Waals surface area contributed by atoms with Crippen LogP contribution in [0.2, 0.25) is 0 Å². The zero-order chi connectivity index (χ0) is 24.8. The van der Waals surface area contributed by atoms with Gasteiger partial charge in [-0.05, 0) is 37.1 Å². The molecule has 0 unspecified atom stereocenters. The van der Waals surface area contributed by atoms with Gasteiger partial charge in [0.05, 0.1) is 24.7 Å². The number of halogens is 3. The third-order valence-corrected chi connectivity index (χ3v) is 5.32. The Hall–Kier alpha value is -4.22. The Morgan fingerprint density at radius 3 is 2.47 bits per heavy atom. The van der Waals surface area contributed by atoms with Crippen LogP contribution in [0.25, 0.3) is 16.9 Å². The number of ether oxygens (including phenoxy) is 1. The fourth-order valence-electron chi connectivity index (χ4n) is 3.39. The molecule has 0 saturated carbocycles. The molecule has 1 amide bonds. The van der Waals surface area contributed by atoms with E-state index in [4.69, 9.17) is 0 Å². The van der Waals surface area contributed by atoms with Gasteiger partial charge < -0.3 is 10.1 Å². The van der Waals surface area contributed by atoms with Gasteiger partial charge in [-0.25, -0.2) is 14.3 Å². The first-order valence-corrected chi connectivity index (χ1v) is 9.97. The molecule has 9 nitrogen and oxygen atoms in total. The first kappa shape index (κ1) is 23.0. The first-order chi connectivity index (χ1) is 16.0. The van der Waals surface area contributed by atoms with Crippen LogP contribution in [0.5, 0.6) is 0 Å². The molecule has 0 atom stereocenters. The third kappa shape index (κ3) is 4.09. The summed E-state index contributed by atoms with van der Waals surface area (Å²) in [6, 6.07) is 7.26. The third-order valence-electron chi connectivity index (χ3n) is 5.32. The van der Waals surface area contributed by atoms with E-state index in [-0.39, 0.29) is 28.4 Å². The Balaban J connectivity index is 1.78. The molecule has 0 bridgehead atoms. The lowest BCUT2D eigenvalue weighted by Gasteiger charge is -2.11. The number of benzene rings is 1. The number of esters is 1. The van der Waals surface area contributed by atoms with E-state index in [0.29, 0.717) is 10.1 Å². The molecule has 1 N–H and O–H groups in total. The SMILES string of the molecule is COC(=O)c1c(NC(=O)c2cc3nc(-c4ccc(C)c(C)c4)cc(C(F)(F)F)n3n2)cnn1C. The van der Waals surface area contributed by atoms with Gasteiger partial charge in [-0.2, -0.15) is 23.4 Å². The molecule has 0 saturated heterocycles. The highest BCUT2D eigenvalue weighted by molar-refractivity contribution is 6.06. The number of hydrogen-bond acceptors (Lipinski definition) is 6. The fraction of sp³-hybridized carbons (Fsp3) is 0.227. The van der Waals surface area contributed by atoms with E-state index in [1.807, 2.05) is 13.8 Å². The van der Waals surface area contributed by atoms with Crippen LogP contribution in [0.15, 0.2) is 36.5 Å². The summed E-state index contributed by atoms with van der Waals surface area (Å²) in [6.07, 6.45) is -3.53. The summed E-state index contributed by atoms with van der Waals surface area (Å²) >= 11 is 0. The Morgan fingerprint density at radius 1 is 1.09 bits per heavy atom. The maximum atomic E-state index is 13.8.